The molecule has 2 aliphatic rings. The van der Waals surface area contributed by atoms with E-state index in [1.54, 1.807) is 18.2 Å². The summed E-state index contributed by atoms with van der Waals surface area (Å²) in [5, 5.41) is 22.8. The Labute approximate surface area is 180 Å². The third-order valence-electron chi connectivity index (χ3n) is 6.51. The first-order chi connectivity index (χ1) is 15.0. The number of nitrogen functional groups attached to an aromatic ring is 1. The van der Waals surface area contributed by atoms with Crippen LogP contribution in [-0.4, -0.2) is 80.9 Å². The molecule has 0 atom stereocenters. The van der Waals surface area contributed by atoms with E-state index in [1.165, 1.54) is 6.33 Å². The Balaban J connectivity index is 1.32. The molecule has 1 aliphatic heterocycles. The van der Waals surface area contributed by atoms with Crippen LogP contribution >= 0.6 is 0 Å². The summed E-state index contributed by atoms with van der Waals surface area (Å²) in [6.07, 6.45) is 3.56. The third kappa shape index (κ3) is 3.82. The molecule has 5 rings (SSSR count). The van der Waals surface area contributed by atoms with Crippen molar-refractivity contribution in [2.45, 2.75) is 24.9 Å². The number of anilines is 2. The van der Waals surface area contributed by atoms with Crippen molar-refractivity contribution < 1.29 is 5.11 Å². The number of nitrogens with one attached hydrogen (secondary N) is 3. The molecule has 6 N–H and O–H groups in total. The summed E-state index contributed by atoms with van der Waals surface area (Å²) in [5.41, 5.74) is 8.35. The summed E-state index contributed by atoms with van der Waals surface area (Å²) in [6, 6.07) is 7.82. The number of likely N-dealkylation sites (N-methyl/N-ethyl adjacent to an activating group) is 1. The Kier molecular flexibility index (Phi) is 4.99. The molecule has 0 spiro atoms. The fourth-order valence-corrected chi connectivity index (χ4v) is 4.53. The van der Waals surface area contributed by atoms with Gasteiger partial charge in [0, 0.05) is 49.2 Å². The second-order valence-corrected chi connectivity index (χ2v) is 8.62. The first-order valence-electron chi connectivity index (χ1n) is 10.7. The van der Waals surface area contributed by atoms with E-state index in [2.05, 4.69) is 37.1 Å². The number of hydrogen-bond donors (Lipinski definition) is 5. The SMILES string of the molecule is CN1CCN(C2CC(Nc3ncnc(N)c3C(=N)c3cc4cc(O)ccc4[nH]3)C2)CC1. The number of fused-ring (bicyclic) bond motifs is 1. The minimum Gasteiger partial charge on any atom is -0.508 e. The number of rotatable bonds is 5. The van der Waals surface area contributed by atoms with Crippen molar-refractivity contribution in [3.05, 3.63) is 41.9 Å². The molecule has 0 bridgehead atoms. The van der Waals surface area contributed by atoms with E-state index < -0.39 is 0 Å². The molecule has 1 saturated heterocycles. The first-order valence-corrected chi connectivity index (χ1v) is 10.7. The largest absolute Gasteiger partial charge is 0.508 e. The van der Waals surface area contributed by atoms with Crippen LogP contribution < -0.4 is 11.1 Å². The molecule has 162 valence electrons. The zero-order valence-electron chi connectivity index (χ0n) is 17.6. The normalized spacial score (nSPS) is 22.4. The van der Waals surface area contributed by atoms with Gasteiger partial charge in [0.1, 0.15) is 23.7 Å². The second kappa shape index (κ2) is 7.82. The molecule has 1 aliphatic carbocycles. The number of nitrogens with zero attached hydrogens (tertiary/aromatic N) is 4. The molecule has 31 heavy (non-hydrogen) atoms. The van der Waals surface area contributed by atoms with Gasteiger partial charge in [0.15, 0.2) is 0 Å². The number of aromatic nitrogens is 3. The van der Waals surface area contributed by atoms with Crippen LogP contribution in [0.5, 0.6) is 5.75 Å². The van der Waals surface area contributed by atoms with Gasteiger partial charge in [-0.15, -0.1) is 0 Å². The topological polar surface area (TPSA) is 130 Å². The van der Waals surface area contributed by atoms with E-state index in [1.807, 2.05) is 6.07 Å². The number of H-pyrrole nitrogens is 1. The smallest absolute Gasteiger partial charge is 0.141 e. The number of hydrogen-bond acceptors (Lipinski definition) is 8. The van der Waals surface area contributed by atoms with Crippen molar-refractivity contribution >= 4 is 28.3 Å². The van der Waals surface area contributed by atoms with Gasteiger partial charge in [0.2, 0.25) is 0 Å². The number of nitrogens with two attached hydrogens (primary N) is 1. The van der Waals surface area contributed by atoms with E-state index in [4.69, 9.17) is 11.1 Å². The molecule has 9 heteroatoms. The average molecular weight is 421 g/mol. The van der Waals surface area contributed by atoms with Gasteiger partial charge in [0.25, 0.3) is 0 Å². The molecule has 2 fully saturated rings. The number of piperazine rings is 1. The molecule has 9 nitrogen and oxygen atoms in total. The van der Waals surface area contributed by atoms with E-state index in [9.17, 15) is 5.11 Å². The molecule has 0 radical (unpaired) electrons. The number of phenols is 1. The van der Waals surface area contributed by atoms with Crippen molar-refractivity contribution in [1.82, 2.24) is 24.8 Å². The van der Waals surface area contributed by atoms with Crippen molar-refractivity contribution in [2.24, 2.45) is 0 Å². The Hall–Kier alpha value is -3.17. The van der Waals surface area contributed by atoms with Crippen LogP contribution in [0.15, 0.2) is 30.6 Å². The number of phenolic OH excluding ortho intramolecular Hbond substituents is 1. The van der Waals surface area contributed by atoms with E-state index in [0.29, 0.717) is 29.2 Å². The van der Waals surface area contributed by atoms with Gasteiger partial charge in [0.05, 0.1) is 17.0 Å². The minimum absolute atomic E-state index is 0.189. The van der Waals surface area contributed by atoms with Gasteiger partial charge in [-0.2, -0.15) is 0 Å². The van der Waals surface area contributed by atoms with E-state index >= 15 is 0 Å². The van der Waals surface area contributed by atoms with Gasteiger partial charge in [-0.3, -0.25) is 10.3 Å². The minimum atomic E-state index is 0.189. The Morgan fingerprint density at radius 3 is 2.74 bits per heavy atom. The average Bonchev–Trinajstić information content (AvgIpc) is 3.14. The lowest BCUT2D eigenvalue weighted by Crippen LogP contribution is -2.55. The summed E-state index contributed by atoms with van der Waals surface area (Å²) in [4.78, 5) is 16.7. The monoisotopic (exact) mass is 420 g/mol. The predicted molar refractivity (Wildman–Crippen MR) is 122 cm³/mol. The zero-order chi connectivity index (χ0) is 21.5. The summed E-state index contributed by atoms with van der Waals surface area (Å²) >= 11 is 0. The summed E-state index contributed by atoms with van der Waals surface area (Å²) in [5.74, 6) is 1.06. The molecule has 3 aromatic rings. The number of aromatic amines is 1. The van der Waals surface area contributed by atoms with Crippen molar-refractivity contribution in [3.63, 3.8) is 0 Å². The van der Waals surface area contributed by atoms with Gasteiger partial charge >= 0.3 is 0 Å². The predicted octanol–water partition coefficient (Wildman–Crippen LogP) is 1.85. The molecule has 3 heterocycles. The molecule has 0 amide bonds. The van der Waals surface area contributed by atoms with Gasteiger partial charge < -0.3 is 26.0 Å². The molecule has 1 saturated carbocycles. The van der Waals surface area contributed by atoms with Crippen LogP contribution in [0.4, 0.5) is 11.6 Å². The lowest BCUT2D eigenvalue weighted by Gasteiger charge is -2.46. The fraction of sp³-hybridized carbons (Fsp3) is 0.409. The Morgan fingerprint density at radius 2 is 1.97 bits per heavy atom. The highest BCUT2D eigenvalue weighted by molar-refractivity contribution is 6.16. The van der Waals surface area contributed by atoms with Crippen LogP contribution in [0, 0.1) is 5.41 Å². The second-order valence-electron chi connectivity index (χ2n) is 8.62. The maximum atomic E-state index is 9.72. The van der Waals surface area contributed by atoms with Gasteiger partial charge in [-0.25, -0.2) is 9.97 Å². The van der Waals surface area contributed by atoms with Gasteiger partial charge in [-0.1, -0.05) is 0 Å². The number of benzene rings is 1. The third-order valence-corrected chi connectivity index (χ3v) is 6.51. The van der Waals surface area contributed by atoms with Gasteiger partial charge in [-0.05, 0) is 44.2 Å². The maximum absolute atomic E-state index is 9.72. The van der Waals surface area contributed by atoms with Crippen LogP contribution in [0.25, 0.3) is 10.9 Å². The first kappa shape index (κ1) is 19.8. The highest BCUT2D eigenvalue weighted by Crippen LogP contribution is 2.31. The van der Waals surface area contributed by atoms with Crippen molar-refractivity contribution in [3.8, 4) is 5.75 Å². The molecule has 0 unspecified atom stereocenters. The van der Waals surface area contributed by atoms with Crippen molar-refractivity contribution in [2.75, 3.05) is 44.3 Å². The summed E-state index contributed by atoms with van der Waals surface area (Å²) in [6.45, 7) is 4.50. The zero-order valence-corrected chi connectivity index (χ0v) is 17.6. The molecule has 1 aromatic carbocycles. The van der Waals surface area contributed by atoms with Crippen LogP contribution in [-0.2, 0) is 0 Å². The van der Waals surface area contributed by atoms with E-state index in [-0.39, 0.29) is 17.3 Å². The highest BCUT2D eigenvalue weighted by atomic mass is 16.3. The molecule has 2 aromatic heterocycles. The quantitative estimate of drug-likeness (QED) is 0.398. The van der Waals surface area contributed by atoms with Crippen LogP contribution in [0.3, 0.4) is 0 Å². The van der Waals surface area contributed by atoms with E-state index in [0.717, 1.165) is 49.9 Å². The Morgan fingerprint density at radius 1 is 1.19 bits per heavy atom. The van der Waals surface area contributed by atoms with Crippen LogP contribution in [0.2, 0.25) is 0 Å². The van der Waals surface area contributed by atoms with Crippen LogP contribution in [0.1, 0.15) is 24.1 Å². The van der Waals surface area contributed by atoms with Crippen molar-refractivity contribution in [1.29, 1.82) is 5.41 Å². The molecular formula is C22H28N8O. The lowest BCUT2D eigenvalue weighted by atomic mass is 9.85. The Bertz CT molecular complexity index is 1110. The maximum Gasteiger partial charge on any atom is 0.141 e. The summed E-state index contributed by atoms with van der Waals surface area (Å²) in [7, 11) is 2.17. The molecular weight excluding hydrogens is 392 g/mol. The standard InChI is InChI=1S/C22H28N8O/c1-29-4-6-30(7-5-29)15-10-14(11-15)27-22-19(21(24)25-12-26-22)20(23)18-9-13-8-16(31)2-3-17(13)28-18/h2-3,8-9,12,14-15,23,28,31H,4-7,10-11H2,1H3,(H3,24,25,26,27). The fourth-order valence-electron chi connectivity index (χ4n) is 4.53. The lowest BCUT2D eigenvalue weighted by molar-refractivity contribution is 0.0657. The number of aromatic hydroxyl groups is 1. The summed E-state index contributed by atoms with van der Waals surface area (Å²) < 4.78 is 0. The highest BCUT2D eigenvalue weighted by Gasteiger charge is 2.35.